The van der Waals surface area contributed by atoms with Crippen LogP contribution in [0.15, 0.2) is 21.3 Å². The van der Waals surface area contributed by atoms with E-state index < -0.39 is 23.5 Å². The number of carboxylic acids is 1. The zero-order valence-corrected chi connectivity index (χ0v) is 13.8. The molecule has 2 aromatic rings. The van der Waals surface area contributed by atoms with E-state index in [0.29, 0.717) is 10.9 Å². The summed E-state index contributed by atoms with van der Waals surface area (Å²) in [5.41, 5.74) is -0.0298. The number of hydrogen-bond donors (Lipinski definition) is 2. The molecule has 24 heavy (non-hydrogen) atoms. The van der Waals surface area contributed by atoms with Gasteiger partial charge in [-0.1, -0.05) is 18.5 Å². The number of aromatic hydroxyl groups is 1. The molecule has 1 aromatic heterocycles. The van der Waals surface area contributed by atoms with Crippen LogP contribution in [0.3, 0.4) is 0 Å². The molecule has 0 saturated heterocycles. The monoisotopic (exact) mass is 352 g/mol. The molecule has 1 aromatic carbocycles. The molecule has 1 atom stereocenters. The molecule has 0 aliphatic rings. The molecule has 0 bridgehead atoms. The number of carbonyl (C=O) groups is 2. The van der Waals surface area contributed by atoms with Crippen LogP contribution in [0.2, 0.25) is 5.02 Å². The van der Waals surface area contributed by atoms with E-state index in [2.05, 4.69) is 5.32 Å². The van der Waals surface area contributed by atoms with Crippen LogP contribution in [0, 0.1) is 6.92 Å². The molecular formula is C16H15ClNO6-. The molecule has 0 aliphatic heterocycles. The van der Waals surface area contributed by atoms with Gasteiger partial charge in [-0.05, 0) is 25.0 Å². The van der Waals surface area contributed by atoms with Crippen LogP contribution in [0.4, 0.5) is 0 Å². The van der Waals surface area contributed by atoms with E-state index in [1.807, 2.05) is 0 Å². The van der Waals surface area contributed by atoms with Crippen LogP contribution in [-0.2, 0) is 16.0 Å². The van der Waals surface area contributed by atoms with E-state index in [-0.39, 0.29) is 34.8 Å². The molecule has 2 rings (SSSR count). The fraction of sp³-hybridized carbons (Fsp3) is 0.312. The first-order valence-electron chi connectivity index (χ1n) is 7.19. The Morgan fingerprint density at radius 2 is 2.08 bits per heavy atom. The van der Waals surface area contributed by atoms with Crippen molar-refractivity contribution in [1.29, 1.82) is 0 Å². The van der Waals surface area contributed by atoms with Crippen molar-refractivity contribution in [1.82, 2.24) is 5.32 Å². The van der Waals surface area contributed by atoms with Crippen molar-refractivity contribution in [3.05, 3.63) is 38.7 Å². The third-order valence-corrected chi connectivity index (χ3v) is 4.02. The molecule has 0 radical (unpaired) electrons. The number of carboxylic acid groups (broad SMARTS) is 1. The van der Waals surface area contributed by atoms with Crippen molar-refractivity contribution in [3.63, 3.8) is 0 Å². The molecular weight excluding hydrogens is 338 g/mol. The maximum Gasteiger partial charge on any atom is 0.340 e. The lowest BCUT2D eigenvalue weighted by molar-refractivity contribution is -0.308. The predicted octanol–water partition coefficient (Wildman–Crippen LogP) is 0.648. The number of nitrogens with one attached hydrogen (secondary N) is 1. The lowest BCUT2D eigenvalue weighted by Gasteiger charge is -2.18. The molecule has 0 aliphatic carbocycles. The van der Waals surface area contributed by atoms with Crippen LogP contribution in [-0.4, -0.2) is 23.0 Å². The van der Waals surface area contributed by atoms with Gasteiger partial charge < -0.3 is 24.7 Å². The van der Waals surface area contributed by atoms with Gasteiger partial charge in [0.15, 0.2) is 0 Å². The summed E-state index contributed by atoms with van der Waals surface area (Å²) in [6, 6.07) is 1.53. The smallest absolute Gasteiger partial charge is 0.340 e. The van der Waals surface area contributed by atoms with Gasteiger partial charge in [0.1, 0.15) is 11.3 Å². The van der Waals surface area contributed by atoms with Crippen molar-refractivity contribution in [2.24, 2.45) is 0 Å². The fourth-order valence-electron chi connectivity index (χ4n) is 2.34. The van der Waals surface area contributed by atoms with Gasteiger partial charge >= 0.3 is 5.63 Å². The van der Waals surface area contributed by atoms with Gasteiger partial charge in [0, 0.05) is 11.5 Å². The molecule has 8 heteroatoms. The summed E-state index contributed by atoms with van der Waals surface area (Å²) in [5, 5.41) is 23.3. The molecule has 128 valence electrons. The number of phenols is 1. The molecule has 1 amide bonds. The zero-order valence-electron chi connectivity index (χ0n) is 13.0. The quantitative estimate of drug-likeness (QED) is 0.762. The third kappa shape index (κ3) is 3.51. The van der Waals surface area contributed by atoms with E-state index in [1.54, 1.807) is 13.8 Å². The number of aryl methyl sites for hydroxylation is 1. The van der Waals surface area contributed by atoms with Crippen LogP contribution >= 0.6 is 11.6 Å². The number of amides is 1. The summed E-state index contributed by atoms with van der Waals surface area (Å²) in [4.78, 5) is 34.9. The second-order valence-corrected chi connectivity index (χ2v) is 5.72. The number of rotatable bonds is 5. The van der Waals surface area contributed by atoms with E-state index in [0.717, 1.165) is 0 Å². The molecule has 2 N–H and O–H groups in total. The highest BCUT2D eigenvalue weighted by Gasteiger charge is 2.18. The van der Waals surface area contributed by atoms with E-state index in [4.69, 9.17) is 16.0 Å². The molecule has 0 spiro atoms. The van der Waals surface area contributed by atoms with Crippen molar-refractivity contribution in [2.75, 3.05) is 0 Å². The second kappa shape index (κ2) is 6.92. The SMILES string of the molecule is CC[C@@H](NC(=O)Cc1c(C)c2cc(Cl)c(O)cc2oc1=O)C(=O)[O-]. The van der Waals surface area contributed by atoms with Gasteiger partial charge in [0.2, 0.25) is 5.91 Å². The zero-order chi connectivity index (χ0) is 18.0. The average molecular weight is 353 g/mol. The second-order valence-electron chi connectivity index (χ2n) is 5.32. The van der Waals surface area contributed by atoms with Gasteiger partial charge in [-0.15, -0.1) is 0 Å². The van der Waals surface area contributed by atoms with Gasteiger partial charge in [0.05, 0.1) is 29.0 Å². The van der Waals surface area contributed by atoms with Crippen LogP contribution in [0.25, 0.3) is 11.0 Å². The minimum absolute atomic E-state index is 0.0813. The molecule has 1 heterocycles. The van der Waals surface area contributed by atoms with Crippen LogP contribution in [0.1, 0.15) is 24.5 Å². The maximum absolute atomic E-state index is 12.1. The fourth-order valence-corrected chi connectivity index (χ4v) is 2.50. The predicted molar refractivity (Wildman–Crippen MR) is 84.8 cm³/mol. The Bertz CT molecular complexity index is 873. The summed E-state index contributed by atoms with van der Waals surface area (Å²) >= 11 is 5.86. The molecule has 7 nitrogen and oxygen atoms in total. The first-order valence-corrected chi connectivity index (χ1v) is 7.57. The van der Waals surface area contributed by atoms with Crippen LogP contribution in [0.5, 0.6) is 5.75 Å². The number of hydrogen-bond acceptors (Lipinski definition) is 6. The number of phenolic OH excluding ortho intramolecular Hbond substituents is 1. The number of benzene rings is 1. The Morgan fingerprint density at radius 3 is 2.67 bits per heavy atom. The van der Waals surface area contributed by atoms with Gasteiger partial charge in [-0.2, -0.15) is 0 Å². The van der Waals surface area contributed by atoms with Crippen LogP contribution < -0.4 is 16.0 Å². The first kappa shape index (κ1) is 17.8. The Kier molecular flexibility index (Phi) is 5.14. The first-order chi connectivity index (χ1) is 11.2. The summed E-state index contributed by atoms with van der Waals surface area (Å²) in [5.74, 6) is -2.25. The Morgan fingerprint density at radius 1 is 1.42 bits per heavy atom. The number of carbonyl (C=O) groups excluding carboxylic acids is 2. The minimum Gasteiger partial charge on any atom is -0.548 e. The summed E-state index contributed by atoms with van der Waals surface area (Å²) in [6.45, 7) is 3.20. The van der Waals surface area contributed by atoms with E-state index >= 15 is 0 Å². The van der Waals surface area contributed by atoms with Crippen molar-refractivity contribution in [2.45, 2.75) is 32.7 Å². The topological polar surface area (TPSA) is 120 Å². The van der Waals surface area contributed by atoms with Crippen molar-refractivity contribution >= 4 is 34.4 Å². The molecule has 0 unspecified atom stereocenters. The molecule has 0 saturated carbocycles. The summed E-state index contributed by atoms with van der Waals surface area (Å²) in [7, 11) is 0. The van der Waals surface area contributed by atoms with Gasteiger partial charge in [-0.25, -0.2) is 4.79 Å². The highest BCUT2D eigenvalue weighted by molar-refractivity contribution is 6.32. The average Bonchev–Trinajstić information content (AvgIpc) is 2.51. The Labute approximate surface area is 141 Å². The van der Waals surface area contributed by atoms with Crippen molar-refractivity contribution < 1.29 is 24.2 Å². The Balaban J connectivity index is 2.39. The van der Waals surface area contributed by atoms with E-state index in [9.17, 15) is 24.6 Å². The lowest BCUT2D eigenvalue weighted by Crippen LogP contribution is -2.48. The largest absolute Gasteiger partial charge is 0.548 e. The van der Waals surface area contributed by atoms with E-state index in [1.165, 1.54) is 12.1 Å². The maximum atomic E-state index is 12.1. The highest BCUT2D eigenvalue weighted by atomic mass is 35.5. The van der Waals surface area contributed by atoms with Gasteiger partial charge in [-0.3, -0.25) is 4.79 Å². The summed E-state index contributed by atoms with van der Waals surface area (Å²) < 4.78 is 5.11. The van der Waals surface area contributed by atoms with Crippen molar-refractivity contribution in [3.8, 4) is 5.75 Å². The third-order valence-electron chi connectivity index (χ3n) is 3.72. The lowest BCUT2D eigenvalue weighted by atomic mass is 10.0. The minimum atomic E-state index is -1.39. The van der Waals surface area contributed by atoms with Gasteiger partial charge in [0.25, 0.3) is 0 Å². The number of halogens is 1. The summed E-state index contributed by atoms with van der Waals surface area (Å²) in [6.07, 6.45) is -0.180. The number of aliphatic carboxylic acids is 1. The number of fused-ring (bicyclic) bond motifs is 1. The molecule has 0 fully saturated rings. The highest BCUT2D eigenvalue weighted by Crippen LogP contribution is 2.30. The standard InChI is InChI=1S/C16H16ClNO6/c1-3-11(15(21)22)18-14(20)5-9-7(2)8-4-10(17)12(19)6-13(8)24-16(9)23/h4,6,11,19H,3,5H2,1-2H3,(H,18,20)(H,21,22)/p-1/t11-/m1/s1. The Hall–Kier alpha value is -2.54. The normalized spacial score (nSPS) is 12.1.